The van der Waals surface area contributed by atoms with Crippen LogP contribution in [0, 0.1) is 13.8 Å². The number of aryl methyl sites for hydroxylation is 2. The SMILES string of the molecule is COc1c(C)cccc1C(c1cccc(C)c1OC)C(C)OC(=O)[C@H](C)N. The Labute approximate surface area is 161 Å². The van der Waals surface area contributed by atoms with E-state index in [1.807, 2.05) is 57.2 Å². The number of hydrogen-bond donors (Lipinski definition) is 1. The molecule has 0 aliphatic heterocycles. The average Bonchev–Trinajstić information content (AvgIpc) is 2.62. The van der Waals surface area contributed by atoms with Crippen LogP contribution in [0.2, 0.25) is 0 Å². The zero-order chi connectivity index (χ0) is 20.1. The second kappa shape index (κ2) is 8.91. The van der Waals surface area contributed by atoms with Crippen molar-refractivity contribution in [3.05, 3.63) is 58.7 Å². The minimum Gasteiger partial charge on any atom is -0.496 e. The summed E-state index contributed by atoms with van der Waals surface area (Å²) in [6.07, 6.45) is -0.463. The number of methoxy groups -OCH3 is 2. The molecule has 0 radical (unpaired) electrons. The lowest BCUT2D eigenvalue weighted by Gasteiger charge is -2.29. The molecule has 1 unspecified atom stereocenters. The first-order chi connectivity index (χ1) is 12.8. The van der Waals surface area contributed by atoms with Gasteiger partial charge in [0.2, 0.25) is 0 Å². The number of carbonyl (C=O) groups excluding carboxylic acids is 1. The predicted molar refractivity (Wildman–Crippen MR) is 107 cm³/mol. The number of benzene rings is 2. The van der Waals surface area contributed by atoms with E-state index in [2.05, 4.69) is 0 Å². The maximum absolute atomic E-state index is 12.2. The van der Waals surface area contributed by atoms with Crippen molar-refractivity contribution in [2.45, 2.75) is 45.8 Å². The van der Waals surface area contributed by atoms with Crippen molar-refractivity contribution in [2.24, 2.45) is 5.73 Å². The number of carbonyl (C=O) groups is 1. The first-order valence-corrected chi connectivity index (χ1v) is 9.04. The van der Waals surface area contributed by atoms with Gasteiger partial charge in [-0.05, 0) is 38.8 Å². The van der Waals surface area contributed by atoms with Gasteiger partial charge in [-0.15, -0.1) is 0 Å². The Bertz CT molecular complexity index is 747. The lowest BCUT2D eigenvalue weighted by Crippen LogP contribution is -2.34. The zero-order valence-corrected chi connectivity index (χ0v) is 16.9. The largest absolute Gasteiger partial charge is 0.496 e. The van der Waals surface area contributed by atoms with Gasteiger partial charge in [0.1, 0.15) is 23.6 Å². The van der Waals surface area contributed by atoms with Crippen LogP contribution in [0.1, 0.15) is 42.0 Å². The molecule has 0 saturated heterocycles. The molecule has 146 valence electrons. The molecule has 2 rings (SSSR count). The topological polar surface area (TPSA) is 70.8 Å². The van der Waals surface area contributed by atoms with Gasteiger partial charge in [0, 0.05) is 11.1 Å². The molecule has 2 atom stereocenters. The minimum absolute atomic E-state index is 0.266. The van der Waals surface area contributed by atoms with Crippen LogP contribution < -0.4 is 15.2 Å². The van der Waals surface area contributed by atoms with E-state index < -0.39 is 18.1 Å². The highest BCUT2D eigenvalue weighted by atomic mass is 16.5. The Kier molecular flexibility index (Phi) is 6.86. The standard InChI is InChI=1S/C22H29NO4/c1-13-9-7-11-17(20(13)25-5)19(16(4)27-22(24)15(3)23)18-12-8-10-14(2)21(18)26-6/h7-12,15-16,19H,23H2,1-6H3/t15-,16?/m0/s1. The summed E-state index contributed by atoms with van der Waals surface area (Å²) >= 11 is 0. The third kappa shape index (κ3) is 4.42. The fourth-order valence-corrected chi connectivity index (χ4v) is 3.43. The van der Waals surface area contributed by atoms with Crippen LogP contribution in [-0.2, 0) is 9.53 Å². The van der Waals surface area contributed by atoms with Crippen LogP contribution in [0.3, 0.4) is 0 Å². The van der Waals surface area contributed by atoms with E-state index in [4.69, 9.17) is 19.9 Å². The average molecular weight is 371 g/mol. The van der Waals surface area contributed by atoms with Gasteiger partial charge in [0.15, 0.2) is 0 Å². The molecule has 0 aromatic heterocycles. The van der Waals surface area contributed by atoms with Gasteiger partial charge in [0.05, 0.1) is 20.1 Å². The van der Waals surface area contributed by atoms with Crippen molar-refractivity contribution in [1.82, 2.24) is 0 Å². The summed E-state index contributed by atoms with van der Waals surface area (Å²) in [5, 5.41) is 0. The summed E-state index contributed by atoms with van der Waals surface area (Å²) in [5.41, 5.74) is 9.59. The Balaban J connectivity index is 2.65. The molecule has 5 heteroatoms. The van der Waals surface area contributed by atoms with Gasteiger partial charge in [0.25, 0.3) is 0 Å². The fourth-order valence-electron chi connectivity index (χ4n) is 3.43. The molecule has 27 heavy (non-hydrogen) atoms. The first-order valence-electron chi connectivity index (χ1n) is 9.04. The van der Waals surface area contributed by atoms with Crippen LogP contribution in [0.25, 0.3) is 0 Å². The van der Waals surface area contributed by atoms with E-state index in [1.165, 1.54) is 0 Å². The molecule has 0 aliphatic rings. The normalized spacial score (nSPS) is 13.2. The molecule has 0 heterocycles. The van der Waals surface area contributed by atoms with Crippen molar-refractivity contribution in [1.29, 1.82) is 0 Å². The summed E-state index contributed by atoms with van der Waals surface area (Å²) in [6, 6.07) is 11.2. The number of nitrogens with two attached hydrogens (primary N) is 1. The molecule has 0 aliphatic carbocycles. The minimum atomic E-state index is -0.688. The second-order valence-corrected chi connectivity index (χ2v) is 6.80. The van der Waals surface area contributed by atoms with Gasteiger partial charge < -0.3 is 19.9 Å². The molecular weight excluding hydrogens is 342 g/mol. The van der Waals surface area contributed by atoms with Crippen molar-refractivity contribution < 1.29 is 19.0 Å². The van der Waals surface area contributed by atoms with Crippen LogP contribution in [0.5, 0.6) is 11.5 Å². The number of esters is 1. The van der Waals surface area contributed by atoms with Gasteiger partial charge >= 0.3 is 5.97 Å². The van der Waals surface area contributed by atoms with Crippen molar-refractivity contribution >= 4 is 5.97 Å². The number of ether oxygens (including phenoxy) is 3. The van der Waals surface area contributed by atoms with Gasteiger partial charge in [-0.1, -0.05) is 36.4 Å². The lowest BCUT2D eigenvalue weighted by atomic mass is 9.84. The molecule has 5 nitrogen and oxygen atoms in total. The van der Waals surface area contributed by atoms with E-state index >= 15 is 0 Å². The van der Waals surface area contributed by atoms with Crippen LogP contribution >= 0.6 is 0 Å². The Morgan fingerprint density at radius 1 is 0.889 bits per heavy atom. The molecular formula is C22H29NO4. The highest BCUT2D eigenvalue weighted by Crippen LogP contribution is 2.41. The second-order valence-electron chi connectivity index (χ2n) is 6.80. The molecule has 2 N–H and O–H groups in total. The van der Waals surface area contributed by atoms with Gasteiger partial charge in [-0.2, -0.15) is 0 Å². The van der Waals surface area contributed by atoms with Crippen LogP contribution in [0.15, 0.2) is 36.4 Å². The molecule has 0 bridgehead atoms. The number of para-hydroxylation sites is 2. The first kappa shape index (κ1) is 20.8. The van der Waals surface area contributed by atoms with E-state index in [0.717, 1.165) is 33.8 Å². The molecule has 0 amide bonds. The van der Waals surface area contributed by atoms with E-state index in [0.29, 0.717) is 0 Å². The summed E-state index contributed by atoms with van der Waals surface area (Å²) in [7, 11) is 3.30. The zero-order valence-electron chi connectivity index (χ0n) is 16.9. The maximum Gasteiger partial charge on any atom is 0.322 e. The summed E-state index contributed by atoms with van der Waals surface area (Å²) in [5.74, 6) is 0.840. The smallest absolute Gasteiger partial charge is 0.322 e. The summed E-state index contributed by atoms with van der Waals surface area (Å²) < 4.78 is 17.0. The Morgan fingerprint density at radius 2 is 1.33 bits per heavy atom. The number of rotatable bonds is 7. The molecule has 0 saturated carbocycles. The van der Waals surface area contributed by atoms with E-state index in [9.17, 15) is 4.79 Å². The van der Waals surface area contributed by atoms with E-state index in [1.54, 1.807) is 21.1 Å². The van der Waals surface area contributed by atoms with Crippen LogP contribution in [0.4, 0.5) is 0 Å². The van der Waals surface area contributed by atoms with Gasteiger partial charge in [-0.3, -0.25) is 4.79 Å². The predicted octanol–water partition coefficient (Wildman–Crippen LogP) is 3.73. The monoisotopic (exact) mass is 371 g/mol. The molecule has 2 aromatic carbocycles. The molecule has 2 aromatic rings. The highest BCUT2D eigenvalue weighted by Gasteiger charge is 2.31. The Morgan fingerprint density at radius 3 is 1.70 bits per heavy atom. The summed E-state index contributed by atoms with van der Waals surface area (Å²) in [6.45, 7) is 7.47. The summed E-state index contributed by atoms with van der Waals surface area (Å²) in [4.78, 5) is 12.2. The quantitative estimate of drug-likeness (QED) is 0.751. The van der Waals surface area contributed by atoms with E-state index in [-0.39, 0.29) is 5.92 Å². The number of hydrogen-bond acceptors (Lipinski definition) is 5. The maximum atomic E-state index is 12.2. The van der Waals surface area contributed by atoms with Gasteiger partial charge in [-0.25, -0.2) is 0 Å². The van der Waals surface area contributed by atoms with Crippen molar-refractivity contribution in [3.8, 4) is 11.5 Å². The molecule has 0 spiro atoms. The van der Waals surface area contributed by atoms with Crippen molar-refractivity contribution in [3.63, 3.8) is 0 Å². The molecule has 0 fully saturated rings. The highest BCUT2D eigenvalue weighted by molar-refractivity contribution is 5.75. The fraction of sp³-hybridized carbons (Fsp3) is 0.409. The third-order valence-corrected chi connectivity index (χ3v) is 4.71. The Hall–Kier alpha value is -2.53. The lowest BCUT2D eigenvalue weighted by molar-refractivity contribution is -0.150. The van der Waals surface area contributed by atoms with Crippen molar-refractivity contribution in [2.75, 3.05) is 14.2 Å². The van der Waals surface area contributed by atoms with Crippen LogP contribution in [-0.4, -0.2) is 32.3 Å². The third-order valence-electron chi connectivity index (χ3n) is 4.71.